The minimum Gasteiger partial charge on any atom is -0.488 e. The first-order valence-corrected chi connectivity index (χ1v) is 15.3. The van der Waals surface area contributed by atoms with Crippen molar-refractivity contribution in [2.75, 3.05) is 24.2 Å². The number of anilines is 2. The number of carbonyl (C=O) groups excluding carboxylic acids is 2. The van der Waals surface area contributed by atoms with Gasteiger partial charge in [0.2, 0.25) is 0 Å². The molecular formula is C33H31N5O7S. The Bertz CT molecular complexity index is 1960. The summed E-state index contributed by atoms with van der Waals surface area (Å²) in [6.45, 7) is 3.50. The van der Waals surface area contributed by atoms with Crippen LogP contribution in [-0.4, -0.2) is 62.3 Å². The molecule has 3 aromatic heterocycles. The average molecular weight is 642 g/mol. The van der Waals surface area contributed by atoms with Crippen LogP contribution < -0.4 is 21.1 Å². The van der Waals surface area contributed by atoms with Crippen LogP contribution in [0.1, 0.15) is 50.7 Å². The fourth-order valence-corrected chi connectivity index (χ4v) is 5.87. The molecule has 1 aliphatic rings. The predicted octanol–water partition coefficient (Wildman–Crippen LogP) is 4.56. The van der Waals surface area contributed by atoms with Crippen LogP contribution >= 0.6 is 11.3 Å². The molecule has 13 heteroatoms. The average Bonchev–Trinajstić information content (AvgIpc) is 3.57. The number of amides is 2. The van der Waals surface area contributed by atoms with Gasteiger partial charge in [-0.3, -0.25) is 9.59 Å². The Hall–Kier alpha value is -5.37. The van der Waals surface area contributed by atoms with Crippen LogP contribution in [-0.2, 0) is 6.61 Å². The number of fused-ring (bicyclic) bond motifs is 4. The molecule has 12 nitrogen and oxygen atoms in total. The van der Waals surface area contributed by atoms with Crippen molar-refractivity contribution < 1.29 is 34.4 Å². The second kappa shape index (κ2) is 13.7. The third kappa shape index (κ3) is 6.38. The minimum absolute atomic E-state index is 0.0929. The second-order valence-electron chi connectivity index (χ2n) is 9.99. The van der Waals surface area contributed by atoms with E-state index < -0.39 is 36.2 Å². The molecule has 236 valence electrons. The van der Waals surface area contributed by atoms with Crippen LogP contribution in [0.2, 0.25) is 0 Å². The summed E-state index contributed by atoms with van der Waals surface area (Å²) in [5.74, 6) is -1.84. The molecule has 46 heavy (non-hydrogen) atoms. The van der Waals surface area contributed by atoms with Crippen LogP contribution in [0.15, 0.2) is 66.2 Å². The number of ether oxygens (including phenoxy) is 1. The number of rotatable bonds is 8. The molecule has 1 unspecified atom stereocenters. The number of benzene rings is 2. The summed E-state index contributed by atoms with van der Waals surface area (Å²) in [7, 11) is 0. The normalized spacial score (nSPS) is 12.1. The quantitative estimate of drug-likeness (QED) is 0.140. The van der Waals surface area contributed by atoms with E-state index in [0.29, 0.717) is 29.4 Å². The Morgan fingerprint density at radius 2 is 1.83 bits per heavy atom. The number of hydrogen-bond donors (Lipinski definition) is 6. The molecule has 7 N–H and O–H groups in total. The summed E-state index contributed by atoms with van der Waals surface area (Å²) in [4.78, 5) is 48.0. The van der Waals surface area contributed by atoms with Crippen LogP contribution in [0.5, 0.6) is 5.75 Å². The Kier molecular flexibility index (Phi) is 9.56. The highest BCUT2D eigenvalue weighted by molar-refractivity contribution is 7.13. The summed E-state index contributed by atoms with van der Waals surface area (Å²) in [6, 6.07) is 14.9. The van der Waals surface area contributed by atoms with E-state index >= 15 is 0 Å². The van der Waals surface area contributed by atoms with Crippen molar-refractivity contribution >= 4 is 51.4 Å². The molecule has 1 atom stereocenters. The lowest BCUT2D eigenvalue weighted by molar-refractivity contribution is 0.0690. The molecule has 5 aromatic rings. The SMILES string of the molecule is CC.Nc1nccc2cc(NC(=O)c3cc4c(cc3-c3ccc(C(=O)NCC(O)CO)nc3C(=O)O)OCc3ccsc3-4)ccc12. The maximum absolute atomic E-state index is 13.9. The Morgan fingerprint density at radius 3 is 2.59 bits per heavy atom. The zero-order chi connectivity index (χ0) is 33.0. The molecule has 4 heterocycles. The van der Waals surface area contributed by atoms with Crippen molar-refractivity contribution in [2.24, 2.45) is 0 Å². The van der Waals surface area contributed by atoms with Gasteiger partial charge in [-0.2, -0.15) is 0 Å². The number of aromatic carboxylic acids is 1. The van der Waals surface area contributed by atoms with Crippen LogP contribution in [0.25, 0.3) is 32.3 Å². The number of aliphatic hydroxyl groups excluding tert-OH is 2. The Morgan fingerprint density at radius 1 is 1.02 bits per heavy atom. The lowest BCUT2D eigenvalue weighted by Crippen LogP contribution is -2.34. The number of nitrogens with zero attached hydrogens (tertiary/aromatic N) is 2. The summed E-state index contributed by atoms with van der Waals surface area (Å²) in [5, 5.41) is 37.4. The highest BCUT2D eigenvalue weighted by atomic mass is 32.1. The largest absolute Gasteiger partial charge is 0.488 e. The molecule has 0 saturated heterocycles. The first-order valence-electron chi connectivity index (χ1n) is 14.4. The third-order valence-electron chi connectivity index (χ3n) is 7.12. The predicted molar refractivity (Wildman–Crippen MR) is 175 cm³/mol. The number of hydrogen-bond acceptors (Lipinski definition) is 10. The number of carboxylic acid groups (broad SMARTS) is 1. The fourth-order valence-electron chi connectivity index (χ4n) is 4.94. The number of nitrogens with one attached hydrogen (secondary N) is 2. The van der Waals surface area contributed by atoms with E-state index in [1.165, 1.54) is 23.5 Å². The van der Waals surface area contributed by atoms with Gasteiger partial charge >= 0.3 is 5.97 Å². The molecule has 2 aromatic carbocycles. The second-order valence-corrected chi connectivity index (χ2v) is 10.9. The fraction of sp³-hybridized carbons (Fsp3) is 0.182. The maximum atomic E-state index is 13.9. The van der Waals surface area contributed by atoms with Gasteiger partial charge in [0, 0.05) is 56.5 Å². The molecular weight excluding hydrogens is 610 g/mol. The molecule has 1 aliphatic heterocycles. The van der Waals surface area contributed by atoms with Gasteiger partial charge in [-0.05, 0) is 65.4 Å². The van der Waals surface area contributed by atoms with Gasteiger partial charge in [0.25, 0.3) is 11.8 Å². The third-order valence-corrected chi connectivity index (χ3v) is 8.11. The van der Waals surface area contributed by atoms with Gasteiger partial charge in [-0.15, -0.1) is 11.3 Å². The van der Waals surface area contributed by atoms with Gasteiger partial charge in [-0.25, -0.2) is 14.8 Å². The molecule has 6 rings (SSSR count). The molecule has 0 saturated carbocycles. The monoisotopic (exact) mass is 641 g/mol. The number of aromatic nitrogens is 2. The molecule has 0 spiro atoms. The first-order chi connectivity index (χ1) is 22.2. The summed E-state index contributed by atoms with van der Waals surface area (Å²) < 4.78 is 5.99. The van der Waals surface area contributed by atoms with E-state index in [-0.39, 0.29) is 28.9 Å². The Labute approximate surface area is 267 Å². The first kappa shape index (κ1) is 32.0. The molecule has 0 aliphatic carbocycles. The molecule has 0 bridgehead atoms. The van der Waals surface area contributed by atoms with E-state index in [4.69, 9.17) is 15.6 Å². The zero-order valence-electron chi connectivity index (χ0n) is 24.9. The number of carboxylic acids is 1. The minimum atomic E-state index is -1.42. The Balaban J connectivity index is 0.00000204. The van der Waals surface area contributed by atoms with Crippen molar-refractivity contribution in [1.29, 1.82) is 0 Å². The zero-order valence-corrected chi connectivity index (χ0v) is 25.7. The number of carbonyl (C=O) groups is 3. The maximum Gasteiger partial charge on any atom is 0.355 e. The van der Waals surface area contributed by atoms with E-state index in [9.17, 15) is 24.6 Å². The summed E-state index contributed by atoms with van der Waals surface area (Å²) in [5.41, 5.74) is 7.93. The van der Waals surface area contributed by atoms with Crippen LogP contribution in [0, 0.1) is 0 Å². The van der Waals surface area contributed by atoms with Gasteiger partial charge in [0.15, 0.2) is 5.69 Å². The standard InChI is InChI=1S/C31H25N5O7S.C2H6/c32-28-19-2-1-17(9-15(19)5-7-33-28)35-29(39)22-10-23-25(43-14-16-6-8-44-27(16)23)11-21(22)20-3-4-24(36-26(20)31(41)42)30(40)34-12-18(38)13-37;1-2/h1-11,18,37-38H,12-14H2,(H2,32,33)(H,34,40)(H,35,39)(H,41,42);1-2H3. The van der Waals surface area contributed by atoms with E-state index in [1.807, 2.05) is 25.3 Å². The van der Waals surface area contributed by atoms with Crippen molar-refractivity contribution in [2.45, 2.75) is 26.6 Å². The van der Waals surface area contributed by atoms with Gasteiger partial charge in [0.1, 0.15) is 23.9 Å². The van der Waals surface area contributed by atoms with Crippen molar-refractivity contribution in [3.8, 4) is 27.3 Å². The molecule has 0 radical (unpaired) electrons. The highest BCUT2D eigenvalue weighted by Gasteiger charge is 2.27. The lowest BCUT2D eigenvalue weighted by atomic mass is 9.92. The van der Waals surface area contributed by atoms with Crippen molar-refractivity contribution in [1.82, 2.24) is 15.3 Å². The number of nitrogen functional groups attached to an aromatic ring is 1. The number of thiophene rings is 1. The van der Waals surface area contributed by atoms with Crippen LogP contribution in [0.3, 0.4) is 0 Å². The summed E-state index contributed by atoms with van der Waals surface area (Å²) in [6.07, 6.45) is 0.386. The van der Waals surface area contributed by atoms with Gasteiger partial charge in [-0.1, -0.05) is 13.8 Å². The topological polar surface area (TPSA) is 197 Å². The van der Waals surface area contributed by atoms with Crippen molar-refractivity contribution in [3.05, 3.63) is 88.7 Å². The van der Waals surface area contributed by atoms with Crippen molar-refractivity contribution in [3.63, 3.8) is 0 Å². The van der Waals surface area contributed by atoms with Gasteiger partial charge in [0.05, 0.1) is 12.7 Å². The number of nitrogens with two attached hydrogens (primary N) is 1. The highest BCUT2D eigenvalue weighted by Crippen LogP contribution is 2.44. The smallest absolute Gasteiger partial charge is 0.355 e. The number of pyridine rings is 2. The van der Waals surface area contributed by atoms with Gasteiger partial charge < -0.3 is 36.4 Å². The van der Waals surface area contributed by atoms with E-state index in [0.717, 1.165) is 21.2 Å². The van der Waals surface area contributed by atoms with Crippen LogP contribution in [0.4, 0.5) is 11.5 Å². The molecule has 2 amide bonds. The van der Waals surface area contributed by atoms with E-state index in [1.54, 1.807) is 42.6 Å². The summed E-state index contributed by atoms with van der Waals surface area (Å²) >= 11 is 1.50. The number of aliphatic hydroxyl groups is 2. The molecule has 0 fully saturated rings. The lowest BCUT2D eigenvalue weighted by Gasteiger charge is -2.21. The van der Waals surface area contributed by atoms with E-state index in [2.05, 4.69) is 20.6 Å².